The first-order valence-corrected chi connectivity index (χ1v) is 10.5. The lowest BCUT2D eigenvalue weighted by atomic mass is 9.94. The zero-order chi connectivity index (χ0) is 21.8. The summed E-state index contributed by atoms with van der Waals surface area (Å²) in [5.41, 5.74) is 4.10. The maximum atomic E-state index is 13.2. The molecule has 4 rings (SSSR count). The maximum absolute atomic E-state index is 13.2. The molecule has 162 valence electrons. The van der Waals surface area contributed by atoms with E-state index in [0.29, 0.717) is 37.6 Å². The van der Waals surface area contributed by atoms with Gasteiger partial charge >= 0.3 is 0 Å². The number of amides is 2. The quantitative estimate of drug-likeness (QED) is 0.741. The molecule has 9 nitrogen and oxygen atoms in total. The lowest BCUT2D eigenvalue weighted by Gasteiger charge is -2.33. The summed E-state index contributed by atoms with van der Waals surface area (Å²) >= 11 is 0. The second-order valence-corrected chi connectivity index (χ2v) is 7.98. The van der Waals surface area contributed by atoms with Gasteiger partial charge in [-0.25, -0.2) is 20.0 Å². The predicted molar refractivity (Wildman–Crippen MR) is 117 cm³/mol. The van der Waals surface area contributed by atoms with Gasteiger partial charge in [0.05, 0.1) is 6.04 Å². The Hall–Kier alpha value is -3.33. The number of hydrogen-bond donors (Lipinski definition) is 1. The number of rotatable bonds is 5. The van der Waals surface area contributed by atoms with Crippen LogP contribution >= 0.6 is 0 Å². The largest absolute Gasteiger partial charge is 0.341 e. The number of anilines is 1. The first-order chi connectivity index (χ1) is 15.0. The van der Waals surface area contributed by atoms with Crippen LogP contribution in [0.1, 0.15) is 41.4 Å². The molecule has 0 unspecified atom stereocenters. The zero-order valence-electron chi connectivity index (χ0n) is 17.8. The normalized spacial score (nSPS) is 19.1. The molecule has 3 heterocycles. The predicted octanol–water partition coefficient (Wildman–Crippen LogP) is 1.86. The summed E-state index contributed by atoms with van der Waals surface area (Å²) in [4.78, 5) is 36.1. The van der Waals surface area contributed by atoms with E-state index in [-0.39, 0.29) is 23.8 Å². The molecule has 2 aliphatic rings. The van der Waals surface area contributed by atoms with Crippen molar-refractivity contribution in [2.24, 2.45) is 11.0 Å². The van der Waals surface area contributed by atoms with Gasteiger partial charge in [0, 0.05) is 51.9 Å². The second kappa shape index (κ2) is 9.22. The lowest BCUT2D eigenvalue weighted by molar-refractivity contribution is -0.138. The van der Waals surface area contributed by atoms with Crippen molar-refractivity contribution in [3.8, 4) is 0 Å². The molecule has 2 aliphatic heterocycles. The fraction of sp³-hybridized carbons (Fsp3) is 0.409. The van der Waals surface area contributed by atoms with Crippen LogP contribution in [0.5, 0.6) is 0 Å². The summed E-state index contributed by atoms with van der Waals surface area (Å²) in [6, 6.07) is 11.6. The van der Waals surface area contributed by atoms with E-state index in [4.69, 9.17) is 0 Å². The summed E-state index contributed by atoms with van der Waals surface area (Å²) in [6.45, 7) is 1.31. The third kappa shape index (κ3) is 4.72. The molecule has 0 aliphatic carbocycles. The molecule has 1 fully saturated rings. The van der Waals surface area contributed by atoms with Crippen LogP contribution in [-0.2, 0) is 4.79 Å². The number of nitrogens with one attached hydrogen (secondary N) is 1. The summed E-state index contributed by atoms with van der Waals surface area (Å²) in [6.07, 6.45) is 5.55. The Bertz CT molecular complexity index is 955. The van der Waals surface area contributed by atoms with Crippen molar-refractivity contribution in [3.63, 3.8) is 0 Å². The Morgan fingerprint density at radius 1 is 1.10 bits per heavy atom. The van der Waals surface area contributed by atoms with Crippen molar-refractivity contribution >= 4 is 24.0 Å². The molecule has 9 heteroatoms. The number of hydrazine groups is 1. The molecule has 1 N–H and O–H groups in total. The van der Waals surface area contributed by atoms with E-state index >= 15 is 0 Å². The first-order valence-electron chi connectivity index (χ1n) is 10.5. The van der Waals surface area contributed by atoms with Crippen molar-refractivity contribution in [3.05, 3.63) is 53.9 Å². The highest BCUT2D eigenvalue weighted by molar-refractivity contribution is 5.92. The van der Waals surface area contributed by atoms with Gasteiger partial charge in [0.15, 0.2) is 0 Å². The van der Waals surface area contributed by atoms with Gasteiger partial charge in [0.25, 0.3) is 5.91 Å². The number of carbonyl (C=O) groups excluding carboxylic acids is 2. The Morgan fingerprint density at radius 2 is 1.84 bits per heavy atom. The highest BCUT2D eigenvalue weighted by Crippen LogP contribution is 2.32. The summed E-state index contributed by atoms with van der Waals surface area (Å²) in [7, 11) is 3.49. The molecule has 0 radical (unpaired) electrons. The number of piperidine rings is 1. The van der Waals surface area contributed by atoms with Crippen LogP contribution < -0.4 is 10.3 Å². The van der Waals surface area contributed by atoms with E-state index in [1.54, 1.807) is 36.4 Å². The van der Waals surface area contributed by atoms with Crippen LogP contribution in [0.2, 0.25) is 0 Å². The lowest BCUT2D eigenvalue weighted by Crippen LogP contribution is -2.42. The average Bonchev–Trinajstić information content (AvgIpc) is 3.29. The fourth-order valence-corrected chi connectivity index (χ4v) is 3.98. The van der Waals surface area contributed by atoms with E-state index in [9.17, 15) is 9.59 Å². The number of hydrogen-bond acceptors (Lipinski definition) is 7. The number of hydrazone groups is 1. The number of benzene rings is 1. The van der Waals surface area contributed by atoms with Crippen molar-refractivity contribution in [1.82, 2.24) is 25.4 Å². The topological polar surface area (TPSA) is 94.0 Å². The maximum Gasteiger partial charge on any atom is 0.284 e. The van der Waals surface area contributed by atoms with Crippen LogP contribution in [0.3, 0.4) is 0 Å². The minimum absolute atomic E-state index is 0.0260. The van der Waals surface area contributed by atoms with Gasteiger partial charge in [0.2, 0.25) is 11.9 Å². The highest BCUT2D eigenvalue weighted by atomic mass is 16.2. The molecule has 1 saturated heterocycles. The third-order valence-electron chi connectivity index (χ3n) is 5.57. The van der Waals surface area contributed by atoms with E-state index in [1.165, 1.54) is 0 Å². The molecule has 1 aromatic heterocycles. The van der Waals surface area contributed by atoms with E-state index < -0.39 is 0 Å². The second-order valence-electron chi connectivity index (χ2n) is 7.98. The standard InChI is InChI=1S/C22H27N7O2/c1-27(2)26-20(30)18-8-12-23-22(25-18)28-14-10-17(11-15-28)21(31)29-19(9-13-24-29)16-6-4-3-5-7-16/h3-8,12-13,17,19H,9-11,14-15H2,1-2H3,(H,26,30)/t19-/m0/s1. The Morgan fingerprint density at radius 3 is 2.55 bits per heavy atom. The molecule has 0 spiro atoms. The summed E-state index contributed by atoms with van der Waals surface area (Å²) < 4.78 is 0. The Balaban J connectivity index is 1.38. The fourth-order valence-electron chi connectivity index (χ4n) is 3.98. The minimum Gasteiger partial charge on any atom is -0.341 e. The Labute approximate surface area is 181 Å². The highest BCUT2D eigenvalue weighted by Gasteiger charge is 2.35. The van der Waals surface area contributed by atoms with E-state index in [2.05, 4.69) is 20.5 Å². The van der Waals surface area contributed by atoms with Gasteiger partial charge in [-0.1, -0.05) is 30.3 Å². The molecule has 31 heavy (non-hydrogen) atoms. The van der Waals surface area contributed by atoms with Gasteiger partial charge in [-0.3, -0.25) is 15.0 Å². The average molecular weight is 422 g/mol. The smallest absolute Gasteiger partial charge is 0.284 e. The van der Waals surface area contributed by atoms with Gasteiger partial charge in [-0.15, -0.1) is 0 Å². The molecular formula is C22H27N7O2. The number of carbonyl (C=O) groups is 2. The molecule has 0 saturated carbocycles. The molecule has 1 atom stereocenters. The SMILES string of the molecule is CN(C)NC(=O)c1ccnc(N2CCC(C(=O)N3N=CC[C@H]3c3ccccc3)CC2)n1. The number of aromatic nitrogens is 2. The van der Waals surface area contributed by atoms with E-state index in [0.717, 1.165) is 12.0 Å². The minimum atomic E-state index is -0.280. The zero-order valence-corrected chi connectivity index (χ0v) is 17.8. The first kappa shape index (κ1) is 20.9. The van der Waals surface area contributed by atoms with Gasteiger partial charge in [-0.2, -0.15) is 5.10 Å². The molecule has 0 bridgehead atoms. The van der Waals surface area contributed by atoms with Crippen molar-refractivity contribution in [2.45, 2.75) is 25.3 Å². The van der Waals surface area contributed by atoms with Crippen LogP contribution in [0, 0.1) is 5.92 Å². The summed E-state index contributed by atoms with van der Waals surface area (Å²) in [5, 5.41) is 7.60. The van der Waals surface area contributed by atoms with Crippen molar-refractivity contribution < 1.29 is 9.59 Å². The third-order valence-corrected chi connectivity index (χ3v) is 5.57. The summed E-state index contributed by atoms with van der Waals surface area (Å²) in [5.74, 6) is 0.219. The van der Waals surface area contributed by atoms with Crippen LogP contribution in [-0.4, -0.2) is 65.2 Å². The van der Waals surface area contributed by atoms with Crippen LogP contribution in [0.25, 0.3) is 0 Å². The van der Waals surface area contributed by atoms with Crippen molar-refractivity contribution in [1.29, 1.82) is 0 Å². The van der Waals surface area contributed by atoms with Crippen molar-refractivity contribution in [2.75, 3.05) is 32.1 Å². The van der Waals surface area contributed by atoms with Gasteiger partial charge < -0.3 is 4.90 Å². The number of nitrogens with zero attached hydrogens (tertiary/aromatic N) is 6. The van der Waals surface area contributed by atoms with Gasteiger partial charge in [0.1, 0.15) is 5.69 Å². The Kier molecular flexibility index (Phi) is 6.22. The monoisotopic (exact) mass is 421 g/mol. The molecular weight excluding hydrogens is 394 g/mol. The molecule has 2 amide bonds. The van der Waals surface area contributed by atoms with E-state index in [1.807, 2.05) is 41.4 Å². The van der Waals surface area contributed by atoms with Crippen LogP contribution in [0.4, 0.5) is 5.95 Å². The van der Waals surface area contributed by atoms with Gasteiger partial charge in [-0.05, 0) is 24.5 Å². The molecule has 1 aromatic carbocycles. The van der Waals surface area contributed by atoms with Crippen LogP contribution in [0.15, 0.2) is 47.7 Å². The molecule has 2 aromatic rings.